The molecule has 0 fully saturated rings. The summed E-state index contributed by atoms with van der Waals surface area (Å²) in [7, 11) is 0. The Morgan fingerprint density at radius 2 is 2.14 bits per heavy atom. The van der Waals surface area contributed by atoms with Gasteiger partial charge in [-0.2, -0.15) is 0 Å². The molecule has 3 rings (SSSR count). The quantitative estimate of drug-likeness (QED) is 0.847. The Labute approximate surface area is 125 Å². The molecule has 1 aromatic carbocycles. The second-order valence-electron chi connectivity index (χ2n) is 5.67. The molecule has 0 saturated carbocycles. The summed E-state index contributed by atoms with van der Waals surface area (Å²) in [6.07, 6.45) is 8.22. The van der Waals surface area contributed by atoms with Gasteiger partial charge in [0, 0.05) is 17.5 Å². The maximum atomic E-state index is 12.3. The minimum atomic E-state index is -0.111. The molecule has 0 radical (unpaired) electrons. The van der Waals surface area contributed by atoms with Crippen LogP contribution in [0.3, 0.4) is 0 Å². The van der Waals surface area contributed by atoms with Crippen LogP contribution in [0.5, 0.6) is 0 Å². The predicted octanol–water partition coefficient (Wildman–Crippen LogP) is 4.36. The summed E-state index contributed by atoms with van der Waals surface area (Å²) in [4.78, 5) is 12.3. The lowest BCUT2D eigenvalue weighted by Crippen LogP contribution is -2.25. The number of furan rings is 1. The van der Waals surface area contributed by atoms with Gasteiger partial charge in [-0.05, 0) is 45.1 Å². The van der Waals surface area contributed by atoms with Gasteiger partial charge in [0.05, 0.1) is 0 Å². The fraction of sp³-hybridized carbons (Fsp3) is 0.389. The molecule has 1 N–H and O–H groups in total. The molecule has 1 heterocycles. The molecule has 1 aromatic heterocycles. The van der Waals surface area contributed by atoms with Gasteiger partial charge >= 0.3 is 0 Å². The van der Waals surface area contributed by atoms with Crippen LogP contribution in [0.1, 0.15) is 48.2 Å². The lowest BCUT2D eigenvalue weighted by molar-refractivity contribution is 0.0927. The fourth-order valence-electron chi connectivity index (χ4n) is 2.94. The fourth-order valence-corrected chi connectivity index (χ4v) is 2.94. The maximum Gasteiger partial charge on any atom is 0.287 e. The summed E-state index contributed by atoms with van der Waals surface area (Å²) in [5.74, 6) is 0.328. The van der Waals surface area contributed by atoms with E-state index in [2.05, 4.69) is 11.4 Å². The average molecular weight is 283 g/mol. The third-order valence-corrected chi connectivity index (χ3v) is 4.17. The van der Waals surface area contributed by atoms with Crippen LogP contribution in [0, 0.1) is 6.92 Å². The Hall–Kier alpha value is -2.03. The van der Waals surface area contributed by atoms with Gasteiger partial charge in [0.1, 0.15) is 5.58 Å². The Morgan fingerprint density at radius 3 is 2.90 bits per heavy atom. The zero-order valence-electron chi connectivity index (χ0n) is 12.4. The van der Waals surface area contributed by atoms with Gasteiger partial charge in [-0.15, -0.1) is 0 Å². The van der Waals surface area contributed by atoms with Crippen LogP contribution >= 0.6 is 0 Å². The van der Waals surface area contributed by atoms with E-state index in [0.29, 0.717) is 12.3 Å². The molecule has 0 aliphatic heterocycles. The van der Waals surface area contributed by atoms with Crippen molar-refractivity contribution < 1.29 is 9.21 Å². The third kappa shape index (κ3) is 3.02. The summed E-state index contributed by atoms with van der Waals surface area (Å²) in [6, 6.07) is 7.76. The molecule has 1 amide bonds. The zero-order valence-corrected chi connectivity index (χ0v) is 12.4. The molecule has 1 aliphatic rings. The van der Waals surface area contributed by atoms with Crippen molar-refractivity contribution in [3.63, 3.8) is 0 Å². The molecule has 0 atom stereocenters. The maximum absolute atomic E-state index is 12.3. The molecule has 110 valence electrons. The van der Waals surface area contributed by atoms with E-state index in [-0.39, 0.29) is 5.91 Å². The van der Waals surface area contributed by atoms with Gasteiger partial charge in [0.15, 0.2) is 5.76 Å². The third-order valence-electron chi connectivity index (χ3n) is 4.17. The highest BCUT2D eigenvalue weighted by atomic mass is 16.3. The SMILES string of the molecule is Cc1c(C(=O)NCCC2=CCCCC2)oc2ccccc12. The first kappa shape index (κ1) is 13.9. The van der Waals surface area contributed by atoms with Crippen molar-refractivity contribution in [1.82, 2.24) is 5.32 Å². The van der Waals surface area contributed by atoms with E-state index in [1.807, 2.05) is 31.2 Å². The van der Waals surface area contributed by atoms with Crippen molar-refractivity contribution in [1.29, 1.82) is 0 Å². The lowest BCUT2D eigenvalue weighted by atomic mass is 9.97. The van der Waals surface area contributed by atoms with E-state index < -0.39 is 0 Å². The van der Waals surface area contributed by atoms with Crippen LogP contribution < -0.4 is 5.32 Å². The van der Waals surface area contributed by atoms with Crippen molar-refractivity contribution in [2.24, 2.45) is 0 Å². The van der Waals surface area contributed by atoms with Crippen LogP contribution in [0.4, 0.5) is 0 Å². The van der Waals surface area contributed by atoms with E-state index in [4.69, 9.17) is 4.42 Å². The minimum Gasteiger partial charge on any atom is -0.451 e. The molecule has 21 heavy (non-hydrogen) atoms. The van der Waals surface area contributed by atoms with E-state index in [0.717, 1.165) is 23.0 Å². The predicted molar refractivity (Wildman–Crippen MR) is 84.5 cm³/mol. The number of benzene rings is 1. The van der Waals surface area contributed by atoms with Crippen LogP contribution in [0.15, 0.2) is 40.3 Å². The Bertz CT molecular complexity index is 682. The van der Waals surface area contributed by atoms with Crippen molar-refractivity contribution in [3.8, 4) is 0 Å². The van der Waals surface area contributed by atoms with Crippen LogP contribution in [-0.2, 0) is 0 Å². The number of carbonyl (C=O) groups excluding carboxylic acids is 1. The number of carbonyl (C=O) groups is 1. The Balaban J connectivity index is 1.64. The standard InChI is InChI=1S/C18H21NO2/c1-13-15-9-5-6-10-16(15)21-17(13)18(20)19-12-11-14-7-3-2-4-8-14/h5-7,9-10H,2-4,8,11-12H2,1H3,(H,19,20). The number of allylic oxidation sites excluding steroid dienone is 1. The topological polar surface area (TPSA) is 42.2 Å². The molecule has 3 heteroatoms. The monoisotopic (exact) mass is 283 g/mol. The summed E-state index contributed by atoms with van der Waals surface area (Å²) in [5, 5.41) is 3.99. The highest BCUT2D eigenvalue weighted by molar-refractivity contribution is 5.98. The molecule has 2 aromatic rings. The molecular weight excluding hydrogens is 262 g/mol. The van der Waals surface area contributed by atoms with E-state index >= 15 is 0 Å². The van der Waals surface area contributed by atoms with Crippen molar-refractivity contribution >= 4 is 16.9 Å². The molecule has 0 spiro atoms. The van der Waals surface area contributed by atoms with Crippen molar-refractivity contribution in [2.45, 2.75) is 39.0 Å². The number of hydrogen-bond acceptors (Lipinski definition) is 2. The van der Waals surface area contributed by atoms with E-state index in [1.54, 1.807) is 0 Å². The largest absolute Gasteiger partial charge is 0.451 e. The number of rotatable bonds is 4. The lowest BCUT2D eigenvalue weighted by Gasteiger charge is -2.12. The average Bonchev–Trinajstić information content (AvgIpc) is 2.86. The van der Waals surface area contributed by atoms with Gasteiger partial charge in [-0.25, -0.2) is 0 Å². The van der Waals surface area contributed by atoms with Gasteiger partial charge < -0.3 is 9.73 Å². The smallest absolute Gasteiger partial charge is 0.287 e. The first-order valence-corrected chi connectivity index (χ1v) is 7.70. The number of hydrogen-bond donors (Lipinski definition) is 1. The van der Waals surface area contributed by atoms with Crippen molar-refractivity contribution in [3.05, 3.63) is 47.2 Å². The zero-order chi connectivity index (χ0) is 14.7. The van der Waals surface area contributed by atoms with Gasteiger partial charge in [0.2, 0.25) is 0 Å². The number of aryl methyl sites for hydroxylation is 1. The molecule has 0 bridgehead atoms. The Kier molecular flexibility index (Phi) is 4.09. The summed E-state index contributed by atoms with van der Waals surface area (Å²) in [6.45, 7) is 2.62. The number of amides is 1. The van der Waals surface area contributed by atoms with Gasteiger partial charge in [-0.1, -0.05) is 29.8 Å². The van der Waals surface area contributed by atoms with Crippen LogP contribution in [0.2, 0.25) is 0 Å². The van der Waals surface area contributed by atoms with E-state index in [9.17, 15) is 4.79 Å². The summed E-state index contributed by atoms with van der Waals surface area (Å²) < 4.78 is 5.68. The Morgan fingerprint density at radius 1 is 1.29 bits per heavy atom. The molecule has 3 nitrogen and oxygen atoms in total. The highest BCUT2D eigenvalue weighted by Gasteiger charge is 2.16. The number of fused-ring (bicyclic) bond motifs is 1. The summed E-state index contributed by atoms with van der Waals surface area (Å²) in [5.41, 5.74) is 3.16. The van der Waals surface area contributed by atoms with E-state index in [1.165, 1.54) is 31.3 Å². The van der Waals surface area contributed by atoms with Gasteiger partial charge in [-0.3, -0.25) is 4.79 Å². The molecule has 0 unspecified atom stereocenters. The normalized spacial score (nSPS) is 15.0. The first-order chi connectivity index (χ1) is 10.3. The van der Waals surface area contributed by atoms with Crippen LogP contribution in [-0.4, -0.2) is 12.5 Å². The van der Waals surface area contributed by atoms with Gasteiger partial charge in [0.25, 0.3) is 5.91 Å². The summed E-state index contributed by atoms with van der Waals surface area (Å²) >= 11 is 0. The second kappa shape index (κ2) is 6.17. The molecular formula is C18H21NO2. The van der Waals surface area contributed by atoms with Crippen molar-refractivity contribution in [2.75, 3.05) is 6.54 Å². The minimum absolute atomic E-state index is 0.111. The first-order valence-electron chi connectivity index (χ1n) is 7.70. The highest BCUT2D eigenvalue weighted by Crippen LogP contribution is 2.25. The second-order valence-corrected chi connectivity index (χ2v) is 5.67. The van der Waals surface area contributed by atoms with Crippen LogP contribution in [0.25, 0.3) is 11.0 Å². The number of para-hydroxylation sites is 1. The molecule has 1 aliphatic carbocycles. The molecule has 0 saturated heterocycles. The number of nitrogens with one attached hydrogen (secondary N) is 1.